The van der Waals surface area contributed by atoms with Crippen LogP contribution in [0.2, 0.25) is 5.02 Å². The zero-order valence-electron chi connectivity index (χ0n) is 9.70. The molecule has 0 unspecified atom stereocenters. The number of alkyl halides is 3. The molecule has 0 amide bonds. The van der Waals surface area contributed by atoms with Gasteiger partial charge in [-0.05, 0) is 6.07 Å². The Kier molecular flexibility index (Phi) is 4.77. The van der Waals surface area contributed by atoms with Gasteiger partial charge >= 0.3 is 12.1 Å². The number of rotatable bonds is 5. The molecule has 0 fully saturated rings. The van der Waals surface area contributed by atoms with Gasteiger partial charge in [0.2, 0.25) is 0 Å². The van der Waals surface area contributed by atoms with Crippen LogP contribution in [0.1, 0.15) is 12.0 Å². The lowest BCUT2D eigenvalue weighted by atomic mass is 10.1. The van der Waals surface area contributed by atoms with Gasteiger partial charge in [-0.25, -0.2) is 0 Å². The third-order valence-electron chi connectivity index (χ3n) is 2.24. The summed E-state index contributed by atoms with van der Waals surface area (Å²) in [6, 6.07) is 1.07. The lowest BCUT2D eigenvalue weighted by Crippen LogP contribution is -2.11. The van der Waals surface area contributed by atoms with E-state index in [1.165, 1.54) is 0 Å². The lowest BCUT2D eigenvalue weighted by molar-refractivity contribution is -0.384. The van der Waals surface area contributed by atoms with Gasteiger partial charge in [0.25, 0.3) is 5.69 Å². The summed E-state index contributed by atoms with van der Waals surface area (Å²) in [4.78, 5) is 20.1. The van der Waals surface area contributed by atoms with Crippen molar-refractivity contribution in [1.82, 2.24) is 0 Å². The fourth-order valence-corrected chi connectivity index (χ4v) is 1.65. The van der Waals surface area contributed by atoms with Crippen LogP contribution in [0.5, 0.6) is 0 Å². The van der Waals surface area contributed by atoms with E-state index < -0.39 is 33.3 Å². The maximum Gasteiger partial charge on any atom is 0.418 e. The molecule has 0 saturated heterocycles. The molecule has 0 radical (unpaired) electrons. The van der Waals surface area contributed by atoms with Gasteiger partial charge in [-0.2, -0.15) is 13.2 Å². The fourth-order valence-electron chi connectivity index (χ4n) is 1.38. The van der Waals surface area contributed by atoms with Gasteiger partial charge in [0.15, 0.2) is 0 Å². The summed E-state index contributed by atoms with van der Waals surface area (Å²) in [7, 11) is 0. The molecule has 0 aliphatic rings. The molecule has 2 N–H and O–H groups in total. The number of benzene rings is 1. The van der Waals surface area contributed by atoms with Crippen LogP contribution in [0.3, 0.4) is 0 Å². The van der Waals surface area contributed by atoms with E-state index in [1.54, 1.807) is 0 Å². The van der Waals surface area contributed by atoms with Crippen LogP contribution in [0.4, 0.5) is 24.5 Å². The van der Waals surface area contributed by atoms with Gasteiger partial charge in [0.05, 0.1) is 21.9 Å². The topological polar surface area (TPSA) is 92.5 Å². The predicted octanol–water partition coefficient (Wildman–Crippen LogP) is 3.15. The number of nitrogens with zero attached hydrogens (tertiary/aromatic N) is 1. The van der Waals surface area contributed by atoms with Crippen LogP contribution in [0, 0.1) is 10.1 Å². The zero-order valence-corrected chi connectivity index (χ0v) is 10.5. The molecule has 0 aliphatic carbocycles. The van der Waals surface area contributed by atoms with Crippen molar-refractivity contribution in [3.05, 3.63) is 32.8 Å². The molecule has 0 bridgehead atoms. The quantitative estimate of drug-likeness (QED) is 0.643. The molecule has 0 saturated carbocycles. The Labute approximate surface area is 115 Å². The molecule has 110 valence electrons. The first kappa shape index (κ1) is 16.0. The van der Waals surface area contributed by atoms with Crippen LogP contribution in [-0.2, 0) is 11.0 Å². The molecule has 6 nitrogen and oxygen atoms in total. The number of nitro benzene ring substituents is 1. The van der Waals surface area contributed by atoms with Crippen molar-refractivity contribution in [2.75, 3.05) is 11.9 Å². The van der Waals surface area contributed by atoms with Gasteiger partial charge in [-0.3, -0.25) is 14.9 Å². The van der Waals surface area contributed by atoms with Crippen molar-refractivity contribution in [3.63, 3.8) is 0 Å². The summed E-state index contributed by atoms with van der Waals surface area (Å²) in [5.41, 5.74) is -2.42. The molecule has 0 atom stereocenters. The SMILES string of the molecule is O=C(O)CCNc1cc(Cl)c(C(F)(F)F)cc1[N+](=O)[O-]. The Bertz CT molecular complexity index is 548. The van der Waals surface area contributed by atoms with E-state index in [1.807, 2.05) is 0 Å². The number of hydrogen-bond acceptors (Lipinski definition) is 4. The molecular weight excluding hydrogens is 305 g/mol. The molecule has 1 aromatic carbocycles. The normalized spacial score (nSPS) is 11.2. The van der Waals surface area contributed by atoms with Crippen LogP contribution in [0.25, 0.3) is 0 Å². The summed E-state index contributed by atoms with van der Waals surface area (Å²) >= 11 is 5.43. The first-order valence-corrected chi connectivity index (χ1v) is 5.51. The first-order chi connectivity index (χ1) is 9.12. The number of anilines is 1. The molecule has 10 heteroatoms. The van der Waals surface area contributed by atoms with E-state index >= 15 is 0 Å². The van der Waals surface area contributed by atoms with Gasteiger partial charge < -0.3 is 10.4 Å². The smallest absolute Gasteiger partial charge is 0.418 e. The number of aliphatic carboxylic acids is 1. The summed E-state index contributed by atoms with van der Waals surface area (Å²) in [6.07, 6.45) is -5.17. The summed E-state index contributed by atoms with van der Waals surface area (Å²) in [5.74, 6) is -1.15. The standard InChI is InChI=1S/C10H8ClF3N2O4/c11-6-4-7(15-2-1-9(17)18)8(16(19)20)3-5(6)10(12,13)14/h3-4,15H,1-2H2,(H,17,18). The van der Waals surface area contributed by atoms with Gasteiger partial charge in [0, 0.05) is 12.6 Å². The highest BCUT2D eigenvalue weighted by atomic mass is 35.5. The zero-order chi connectivity index (χ0) is 15.5. The Hall–Kier alpha value is -2.03. The monoisotopic (exact) mass is 312 g/mol. The molecule has 0 aromatic heterocycles. The lowest BCUT2D eigenvalue weighted by Gasteiger charge is -2.12. The van der Waals surface area contributed by atoms with Crippen LogP contribution in [0.15, 0.2) is 12.1 Å². The average Bonchev–Trinajstić information content (AvgIpc) is 2.26. The Morgan fingerprint density at radius 3 is 2.50 bits per heavy atom. The largest absolute Gasteiger partial charge is 0.481 e. The number of nitro groups is 1. The van der Waals surface area contributed by atoms with Crippen LogP contribution < -0.4 is 5.32 Å². The summed E-state index contributed by atoms with van der Waals surface area (Å²) in [6.45, 7) is -0.183. The molecule has 0 heterocycles. The second kappa shape index (κ2) is 5.95. The minimum Gasteiger partial charge on any atom is -0.481 e. The van der Waals surface area contributed by atoms with Crippen molar-refractivity contribution in [3.8, 4) is 0 Å². The summed E-state index contributed by atoms with van der Waals surface area (Å²) < 4.78 is 37.7. The Morgan fingerprint density at radius 2 is 2.05 bits per heavy atom. The highest BCUT2D eigenvalue weighted by molar-refractivity contribution is 6.31. The van der Waals surface area contributed by atoms with E-state index in [0.29, 0.717) is 6.07 Å². The van der Waals surface area contributed by atoms with Crippen molar-refractivity contribution in [2.24, 2.45) is 0 Å². The third-order valence-corrected chi connectivity index (χ3v) is 2.55. The minimum atomic E-state index is -4.82. The minimum absolute atomic E-state index is 0.183. The van der Waals surface area contributed by atoms with E-state index in [-0.39, 0.29) is 18.7 Å². The number of carbonyl (C=O) groups is 1. The van der Waals surface area contributed by atoms with Gasteiger partial charge in [0.1, 0.15) is 5.69 Å². The molecule has 0 aliphatic heterocycles. The molecule has 0 spiro atoms. The number of halogens is 4. The van der Waals surface area contributed by atoms with Crippen molar-refractivity contribution < 1.29 is 28.0 Å². The summed E-state index contributed by atoms with van der Waals surface area (Å²) in [5, 5.41) is 20.8. The Morgan fingerprint density at radius 1 is 1.45 bits per heavy atom. The molecule has 20 heavy (non-hydrogen) atoms. The maximum atomic E-state index is 12.6. The second-order valence-corrected chi connectivity index (χ2v) is 4.08. The number of carboxylic acids is 1. The molecule has 1 rings (SSSR count). The number of nitrogens with one attached hydrogen (secondary N) is 1. The van der Waals surface area contributed by atoms with Crippen molar-refractivity contribution in [1.29, 1.82) is 0 Å². The van der Waals surface area contributed by atoms with Gasteiger partial charge in [-0.1, -0.05) is 11.6 Å². The highest BCUT2D eigenvalue weighted by Crippen LogP contribution is 2.40. The first-order valence-electron chi connectivity index (χ1n) is 5.13. The number of carboxylic acid groups (broad SMARTS) is 1. The molecule has 1 aromatic rings. The second-order valence-electron chi connectivity index (χ2n) is 3.67. The average molecular weight is 313 g/mol. The fraction of sp³-hybridized carbons (Fsp3) is 0.300. The maximum absolute atomic E-state index is 12.6. The predicted molar refractivity (Wildman–Crippen MR) is 63.9 cm³/mol. The molecular formula is C10H8ClF3N2O4. The highest BCUT2D eigenvalue weighted by Gasteiger charge is 2.36. The van der Waals surface area contributed by atoms with Crippen LogP contribution in [-0.4, -0.2) is 22.5 Å². The van der Waals surface area contributed by atoms with E-state index in [4.69, 9.17) is 16.7 Å². The van der Waals surface area contributed by atoms with E-state index in [2.05, 4.69) is 5.32 Å². The van der Waals surface area contributed by atoms with Crippen molar-refractivity contribution in [2.45, 2.75) is 12.6 Å². The van der Waals surface area contributed by atoms with Crippen LogP contribution >= 0.6 is 11.6 Å². The van der Waals surface area contributed by atoms with E-state index in [0.717, 1.165) is 6.07 Å². The van der Waals surface area contributed by atoms with E-state index in [9.17, 15) is 28.1 Å². The van der Waals surface area contributed by atoms with Gasteiger partial charge in [-0.15, -0.1) is 0 Å². The number of hydrogen-bond donors (Lipinski definition) is 2. The third kappa shape index (κ3) is 3.98. The van der Waals surface area contributed by atoms with Crippen molar-refractivity contribution >= 4 is 28.9 Å². The Balaban J connectivity index is 3.15.